The predicted molar refractivity (Wildman–Crippen MR) is 67.2 cm³/mol. The van der Waals surface area contributed by atoms with Gasteiger partial charge in [-0.1, -0.05) is 6.07 Å². The predicted octanol–water partition coefficient (Wildman–Crippen LogP) is 1.60. The molecule has 1 rings (SSSR count). The first-order valence-corrected chi connectivity index (χ1v) is 6.49. The van der Waals surface area contributed by atoms with Gasteiger partial charge in [-0.05, 0) is 24.8 Å². The Labute approximate surface area is 105 Å². The van der Waals surface area contributed by atoms with Gasteiger partial charge < -0.3 is 10.4 Å². The molecule has 94 valence electrons. The number of Topliss-reactive ketones (excluding diaryl/α,β-unsaturated/α-hetero) is 1. The Kier molecular flexibility index (Phi) is 5.86. The molecule has 0 fully saturated rings. The second kappa shape index (κ2) is 7.19. The van der Waals surface area contributed by atoms with E-state index in [1.165, 1.54) is 11.3 Å². The number of nitrogens with one attached hydrogen (secondary N) is 1. The number of rotatable bonds is 7. The van der Waals surface area contributed by atoms with Crippen LogP contribution in [-0.4, -0.2) is 29.4 Å². The number of hydrogen-bond donors (Lipinski definition) is 2. The fourth-order valence-corrected chi connectivity index (χ4v) is 1.99. The molecule has 5 heteroatoms. The van der Waals surface area contributed by atoms with Gasteiger partial charge in [0.15, 0.2) is 5.78 Å². The summed E-state index contributed by atoms with van der Waals surface area (Å²) in [6.07, 6.45) is 0.561. The largest absolute Gasteiger partial charge is 0.393 e. The van der Waals surface area contributed by atoms with E-state index in [1.54, 1.807) is 13.0 Å². The number of ketones is 1. The van der Waals surface area contributed by atoms with E-state index < -0.39 is 6.10 Å². The number of carbonyl (C=O) groups excluding carboxylic acids is 2. The van der Waals surface area contributed by atoms with Crippen molar-refractivity contribution in [3.8, 4) is 0 Å². The van der Waals surface area contributed by atoms with Gasteiger partial charge in [0, 0.05) is 19.4 Å². The van der Waals surface area contributed by atoms with Gasteiger partial charge in [0.05, 0.1) is 11.0 Å². The molecule has 1 aromatic heterocycles. The molecule has 0 aliphatic heterocycles. The topological polar surface area (TPSA) is 66.4 Å². The summed E-state index contributed by atoms with van der Waals surface area (Å²) in [5.41, 5.74) is 0. The Morgan fingerprint density at radius 2 is 2.24 bits per heavy atom. The summed E-state index contributed by atoms with van der Waals surface area (Å²) < 4.78 is 0. The lowest BCUT2D eigenvalue weighted by molar-refractivity contribution is -0.121. The van der Waals surface area contributed by atoms with E-state index in [1.807, 2.05) is 11.4 Å². The summed E-state index contributed by atoms with van der Waals surface area (Å²) in [5.74, 6) is -0.138. The molecule has 4 nitrogen and oxygen atoms in total. The fourth-order valence-electron chi connectivity index (χ4n) is 1.30. The third-order valence-electron chi connectivity index (χ3n) is 2.26. The van der Waals surface area contributed by atoms with E-state index in [-0.39, 0.29) is 24.5 Å². The summed E-state index contributed by atoms with van der Waals surface area (Å²) >= 11 is 1.39. The normalized spacial score (nSPS) is 12.1. The highest BCUT2D eigenvalue weighted by atomic mass is 32.1. The van der Waals surface area contributed by atoms with Crippen LogP contribution in [0.4, 0.5) is 0 Å². The minimum Gasteiger partial charge on any atom is -0.393 e. The van der Waals surface area contributed by atoms with Crippen molar-refractivity contribution in [2.45, 2.75) is 32.3 Å². The van der Waals surface area contributed by atoms with Crippen LogP contribution >= 0.6 is 11.3 Å². The molecule has 1 amide bonds. The molecule has 0 aliphatic carbocycles. The molecule has 2 N–H and O–H groups in total. The third kappa shape index (κ3) is 5.60. The van der Waals surface area contributed by atoms with E-state index in [4.69, 9.17) is 5.11 Å². The maximum Gasteiger partial charge on any atom is 0.220 e. The van der Waals surface area contributed by atoms with Crippen molar-refractivity contribution in [2.24, 2.45) is 0 Å². The first-order valence-electron chi connectivity index (χ1n) is 5.61. The van der Waals surface area contributed by atoms with E-state index in [0.29, 0.717) is 17.8 Å². The summed E-state index contributed by atoms with van der Waals surface area (Å²) in [5, 5.41) is 13.5. The van der Waals surface area contributed by atoms with Crippen LogP contribution in [0.5, 0.6) is 0 Å². The number of thiophene rings is 1. The van der Waals surface area contributed by atoms with Crippen LogP contribution in [-0.2, 0) is 4.79 Å². The first-order chi connectivity index (χ1) is 8.09. The zero-order chi connectivity index (χ0) is 12.7. The van der Waals surface area contributed by atoms with Crippen molar-refractivity contribution in [2.75, 3.05) is 6.54 Å². The molecular weight excluding hydrogens is 238 g/mol. The van der Waals surface area contributed by atoms with E-state index in [9.17, 15) is 9.59 Å². The number of aliphatic hydroxyl groups excluding tert-OH is 1. The number of carbonyl (C=O) groups is 2. The van der Waals surface area contributed by atoms with Crippen LogP contribution in [0, 0.1) is 0 Å². The Balaban J connectivity index is 2.18. The van der Waals surface area contributed by atoms with Crippen LogP contribution in [0.25, 0.3) is 0 Å². The molecular formula is C12H17NO3S. The minimum atomic E-state index is -0.414. The van der Waals surface area contributed by atoms with Crippen LogP contribution in [0.15, 0.2) is 17.5 Å². The van der Waals surface area contributed by atoms with Gasteiger partial charge in [0.1, 0.15) is 0 Å². The second-order valence-electron chi connectivity index (χ2n) is 3.89. The molecule has 1 heterocycles. The Bertz CT molecular complexity index is 360. The smallest absolute Gasteiger partial charge is 0.220 e. The van der Waals surface area contributed by atoms with Gasteiger partial charge in [0.25, 0.3) is 0 Å². The van der Waals surface area contributed by atoms with Gasteiger partial charge in [-0.25, -0.2) is 0 Å². The molecule has 0 radical (unpaired) electrons. The zero-order valence-electron chi connectivity index (χ0n) is 9.81. The van der Waals surface area contributed by atoms with Crippen LogP contribution in [0.1, 0.15) is 35.9 Å². The maximum absolute atomic E-state index is 11.6. The molecule has 1 aromatic rings. The average Bonchev–Trinajstić information content (AvgIpc) is 2.78. The van der Waals surface area contributed by atoms with E-state index >= 15 is 0 Å². The lowest BCUT2D eigenvalue weighted by Gasteiger charge is -2.06. The fraction of sp³-hybridized carbons (Fsp3) is 0.500. The van der Waals surface area contributed by atoms with Gasteiger partial charge in [-0.15, -0.1) is 11.3 Å². The van der Waals surface area contributed by atoms with Crippen LogP contribution in [0.2, 0.25) is 0 Å². The molecule has 1 atom stereocenters. The third-order valence-corrected chi connectivity index (χ3v) is 3.17. The van der Waals surface area contributed by atoms with Crippen molar-refractivity contribution < 1.29 is 14.7 Å². The van der Waals surface area contributed by atoms with Gasteiger partial charge >= 0.3 is 0 Å². The number of amides is 1. The molecule has 17 heavy (non-hydrogen) atoms. The second-order valence-corrected chi connectivity index (χ2v) is 4.84. The molecule has 0 saturated heterocycles. The van der Waals surface area contributed by atoms with Crippen molar-refractivity contribution in [1.29, 1.82) is 0 Å². The number of hydrogen-bond acceptors (Lipinski definition) is 4. The molecule has 0 bridgehead atoms. The van der Waals surface area contributed by atoms with Crippen molar-refractivity contribution in [3.63, 3.8) is 0 Å². The molecule has 0 saturated carbocycles. The van der Waals surface area contributed by atoms with Crippen LogP contribution < -0.4 is 5.32 Å². The highest BCUT2D eigenvalue weighted by molar-refractivity contribution is 7.12. The van der Waals surface area contributed by atoms with Crippen molar-refractivity contribution >= 4 is 23.0 Å². The van der Waals surface area contributed by atoms with Gasteiger partial charge in [-0.2, -0.15) is 0 Å². The Morgan fingerprint density at radius 3 is 2.82 bits per heavy atom. The molecule has 0 spiro atoms. The van der Waals surface area contributed by atoms with E-state index in [2.05, 4.69) is 5.32 Å². The molecule has 1 unspecified atom stereocenters. The lowest BCUT2D eigenvalue weighted by Crippen LogP contribution is -2.26. The standard InChI is InChI=1S/C12H17NO3S/c1-9(14)6-7-13-12(16)5-4-10(15)11-3-2-8-17-11/h2-3,8-9,14H,4-7H2,1H3,(H,13,16). The van der Waals surface area contributed by atoms with Crippen LogP contribution in [0.3, 0.4) is 0 Å². The van der Waals surface area contributed by atoms with Crippen molar-refractivity contribution in [1.82, 2.24) is 5.32 Å². The minimum absolute atomic E-state index is 0.00526. The highest BCUT2D eigenvalue weighted by Gasteiger charge is 2.09. The zero-order valence-corrected chi connectivity index (χ0v) is 10.6. The summed E-state index contributed by atoms with van der Waals surface area (Å²) in [4.78, 5) is 23.6. The summed E-state index contributed by atoms with van der Waals surface area (Å²) in [7, 11) is 0. The summed E-state index contributed by atoms with van der Waals surface area (Å²) in [6, 6.07) is 3.58. The highest BCUT2D eigenvalue weighted by Crippen LogP contribution is 2.12. The maximum atomic E-state index is 11.6. The summed E-state index contributed by atoms with van der Waals surface area (Å²) in [6.45, 7) is 2.12. The average molecular weight is 255 g/mol. The Hall–Kier alpha value is -1.20. The van der Waals surface area contributed by atoms with Gasteiger partial charge in [-0.3, -0.25) is 9.59 Å². The monoisotopic (exact) mass is 255 g/mol. The lowest BCUT2D eigenvalue weighted by atomic mass is 10.2. The Morgan fingerprint density at radius 1 is 1.47 bits per heavy atom. The molecule has 0 aliphatic rings. The quantitative estimate of drug-likeness (QED) is 0.727. The van der Waals surface area contributed by atoms with Crippen molar-refractivity contribution in [3.05, 3.63) is 22.4 Å². The first kappa shape index (κ1) is 13.9. The molecule has 0 aromatic carbocycles. The van der Waals surface area contributed by atoms with Gasteiger partial charge in [0.2, 0.25) is 5.91 Å². The van der Waals surface area contributed by atoms with E-state index in [0.717, 1.165) is 0 Å². The number of aliphatic hydroxyl groups is 1. The SMILES string of the molecule is CC(O)CCNC(=O)CCC(=O)c1cccs1.